The van der Waals surface area contributed by atoms with Crippen molar-refractivity contribution in [3.05, 3.63) is 12.2 Å². The molecule has 2 bridgehead atoms. The van der Waals surface area contributed by atoms with Gasteiger partial charge in [-0.15, -0.1) is 0 Å². The molecule has 0 radical (unpaired) electrons. The lowest BCUT2D eigenvalue weighted by atomic mass is 9.58. The second-order valence-electron chi connectivity index (χ2n) is 4.88. The molecular formula is C11H16O2. The number of carbonyl (C=O) groups is 1. The highest BCUT2D eigenvalue weighted by Gasteiger charge is 2.47. The number of aliphatic carboxylic acids is 1. The topological polar surface area (TPSA) is 37.3 Å². The number of hydrogen-bond donors (Lipinski definition) is 1. The summed E-state index contributed by atoms with van der Waals surface area (Å²) in [6.07, 6.45) is 8.93. The van der Waals surface area contributed by atoms with Crippen molar-refractivity contribution in [3.63, 3.8) is 0 Å². The van der Waals surface area contributed by atoms with E-state index in [1.165, 1.54) is 0 Å². The zero-order chi connectivity index (χ0) is 9.53. The monoisotopic (exact) mass is 180 g/mol. The van der Waals surface area contributed by atoms with E-state index < -0.39 is 11.4 Å². The molecule has 0 spiro atoms. The maximum atomic E-state index is 11.2. The minimum absolute atomic E-state index is 0.162. The van der Waals surface area contributed by atoms with Gasteiger partial charge in [-0.1, -0.05) is 25.5 Å². The average molecular weight is 180 g/mol. The van der Waals surface area contributed by atoms with Crippen molar-refractivity contribution in [1.29, 1.82) is 0 Å². The van der Waals surface area contributed by atoms with E-state index in [2.05, 4.69) is 19.1 Å². The highest BCUT2D eigenvalue weighted by molar-refractivity contribution is 5.75. The minimum Gasteiger partial charge on any atom is -0.481 e. The zero-order valence-corrected chi connectivity index (χ0v) is 8.05. The maximum Gasteiger partial charge on any atom is 0.309 e. The molecule has 2 atom stereocenters. The van der Waals surface area contributed by atoms with E-state index in [4.69, 9.17) is 0 Å². The first-order valence-electron chi connectivity index (χ1n) is 4.98. The quantitative estimate of drug-likeness (QED) is 0.630. The van der Waals surface area contributed by atoms with Gasteiger partial charge in [0.25, 0.3) is 0 Å². The fourth-order valence-electron chi connectivity index (χ4n) is 2.94. The molecule has 1 fully saturated rings. The lowest BCUT2D eigenvalue weighted by Gasteiger charge is -2.45. The normalized spacial score (nSPS) is 43.2. The predicted octanol–water partition coefficient (Wildman–Crippen LogP) is 2.60. The second-order valence-corrected chi connectivity index (χ2v) is 4.88. The van der Waals surface area contributed by atoms with Crippen molar-refractivity contribution >= 4 is 5.97 Å². The molecule has 2 heteroatoms. The van der Waals surface area contributed by atoms with E-state index in [-0.39, 0.29) is 5.41 Å². The number of fused-ring (bicyclic) bond motifs is 2. The van der Waals surface area contributed by atoms with Gasteiger partial charge in [0.2, 0.25) is 0 Å². The lowest BCUT2D eigenvalue weighted by molar-refractivity contribution is -0.153. The first-order valence-corrected chi connectivity index (χ1v) is 4.98. The summed E-state index contributed by atoms with van der Waals surface area (Å²) >= 11 is 0. The van der Waals surface area contributed by atoms with E-state index >= 15 is 0 Å². The van der Waals surface area contributed by atoms with Crippen molar-refractivity contribution in [2.45, 2.75) is 39.0 Å². The Kier molecular flexibility index (Phi) is 1.76. The Balaban J connectivity index is 2.33. The smallest absolute Gasteiger partial charge is 0.309 e. The van der Waals surface area contributed by atoms with Crippen LogP contribution in [0.3, 0.4) is 0 Å². The van der Waals surface area contributed by atoms with Crippen LogP contribution in [0.25, 0.3) is 0 Å². The largest absolute Gasteiger partial charge is 0.481 e. The molecule has 0 saturated heterocycles. The molecule has 2 nitrogen and oxygen atoms in total. The fraction of sp³-hybridized carbons (Fsp3) is 0.727. The van der Waals surface area contributed by atoms with Crippen molar-refractivity contribution in [1.82, 2.24) is 0 Å². The van der Waals surface area contributed by atoms with Crippen LogP contribution in [0.2, 0.25) is 0 Å². The Bertz CT molecular complexity index is 269. The van der Waals surface area contributed by atoms with E-state index in [1.54, 1.807) is 0 Å². The van der Waals surface area contributed by atoms with Crippen LogP contribution in [-0.2, 0) is 4.79 Å². The molecule has 2 rings (SSSR count). The fourth-order valence-corrected chi connectivity index (χ4v) is 2.94. The third-order valence-corrected chi connectivity index (χ3v) is 3.63. The van der Waals surface area contributed by atoms with Crippen LogP contribution in [0.5, 0.6) is 0 Å². The van der Waals surface area contributed by atoms with Gasteiger partial charge in [0, 0.05) is 0 Å². The molecule has 0 aromatic rings. The first kappa shape index (κ1) is 8.79. The van der Waals surface area contributed by atoms with Gasteiger partial charge in [0.1, 0.15) is 0 Å². The lowest BCUT2D eigenvalue weighted by Crippen LogP contribution is -2.41. The van der Waals surface area contributed by atoms with Gasteiger partial charge >= 0.3 is 5.97 Å². The molecule has 72 valence electrons. The third-order valence-electron chi connectivity index (χ3n) is 3.63. The van der Waals surface area contributed by atoms with Crippen LogP contribution in [0, 0.1) is 10.8 Å². The number of carboxylic acids is 1. The zero-order valence-electron chi connectivity index (χ0n) is 8.05. The molecule has 0 aliphatic heterocycles. The van der Waals surface area contributed by atoms with Crippen LogP contribution < -0.4 is 0 Å². The van der Waals surface area contributed by atoms with Gasteiger partial charge in [-0.25, -0.2) is 0 Å². The van der Waals surface area contributed by atoms with Gasteiger partial charge in [0.05, 0.1) is 5.41 Å². The Labute approximate surface area is 78.6 Å². The standard InChI is InChI=1S/C11H16O2/c1-10-4-2-6-11(8-10,9(12)13)7-3-5-10/h2,4H,3,5-8H2,1H3,(H,12,13)/t10-,11-/m0/s1. The van der Waals surface area contributed by atoms with Gasteiger partial charge in [-0.3, -0.25) is 4.79 Å². The third kappa shape index (κ3) is 1.28. The van der Waals surface area contributed by atoms with Gasteiger partial charge in [-0.05, 0) is 31.1 Å². The van der Waals surface area contributed by atoms with E-state index in [9.17, 15) is 9.90 Å². The Morgan fingerprint density at radius 3 is 2.85 bits per heavy atom. The predicted molar refractivity (Wildman–Crippen MR) is 50.4 cm³/mol. The van der Waals surface area contributed by atoms with Crippen LogP contribution in [0.4, 0.5) is 0 Å². The SMILES string of the molecule is C[C@]12C=CC[C@](C(=O)O)(CCC1)C2. The molecule has 2 aliphatic rings. The highest BCUT2D eigenvalue weighted by Crippen LogP contribution is 2.52. The summed E-state index contributed by atoms with van der Waals surface area (Å²) in [6, 6.07) is 0. The van der Waals surface area contributed by atoms with Crippen LogP contribution in [0.15, 0.2) is 12.2 Å². The molecule has 1 saturated carbocycles. The molecule has 1 N–H and O–H groups in total. The molecule has 2 aliphatic carbocycles. The van der Waals surface area contributed by atoms with Gasteiger partial charge in [0.15, 0.2) is 0 Å². The molecule has 0 aromatic heterocycles. The van der Waals surface area contributed by atoms with Crippen LogP contribution >= 0.6 is 0 Å². The Morgan fingerprint density at radius 2 is 2.23 bits per heavy atom. The summed E-state index contributed by atoms with van der Waals surface area (Å²) in [5, 5.41) is 9.22. The molecule has 0 heterocycles. The van der Waals surface area contributed by atoms with E-state index in [1.807, 2.05) is 0 Å². The average Bonchev–Trinajstić information content (AvgIpc) is 2.02. The van der Waals surface area contributed by atoms with Crippen molar-refractivity contribution in [2.75, 3.05) is 0 Å². The highest BCUT2D eigenvalue weighted by atomic mass is 16.4. The molecule has 13 heavy (non-hydrogen) atoms. The second kappa shape index (κ2) is 2.60. The number of allylic oxidation sites excluding steroid dienone is 2. The van der Waals surface area contributed by atoms with Crippen molar-refractivity contribution < 1.29 is 9.90 Å². The number of carboxylic acid groups (broad SMARTS) is 1. The summed E-state index contributed by atoms with van der Waals surface area (Å²) in [5.74, 6) is -0.595. The molecule has 0 amide bonds. The van der Waals surface area contributed by atoms with Gasteiger partial charge < -0.3 is 5.11 Å². The maximum absolute atomic E-state index is 11.2. The van der Waals surface area contributed by atoms with E-state index in [0.717, 1.165) is 32.1 Å². The summed E-state index contributed by atoms with van der Waals surface area (Å²) in [6.45, 7) is 2.18. The summed E-state index contributed by atoms with van der Waals surface area (Å²) in [4.78, 5) is 11.2. The molecule has 0 aromatic carbocycles. The summed E-state index contributed by atoms with van der Waals surface area (Å²) in [5.41, 5.74) is -0.267. The summed E-state index contributed by atoms with van der Waals surface area (Å²) in [7, 11) is 0. The molecule has 0 unspecified atom stereocenters. The van der Waals surface area contributed by atoms with Crippen molar-refractivity contribution in [3.8, 4) is 0 Å². The number of rotatable bonds is 1. The summed E-state index contributed by atoms with van der Waals surface area (Å²) < 4.78 is 0. The molecular weight excluding hydrogens is 164 g/mol. The van der Waals surface area contributed by atoms with Crippen LogP contribution in [0.1, 0.15) is 39.0 Å². The number of hydrogen-bond acceptors (Lipinski definition) is 1. The van der Waals surface area contributed by atoms with Gasteiger partial charge in [-0.2, -0.15) is 0 Å². The first-order chi connectivity index (χ1) is 6.06. The Hall–Kier alpha value is -0.790. The minimum atomic E-state index is -0.595. The van der Waals surface area contributed by atoms with E-state index in [0.29, 0.717) is 0 Å². The van der Waals surface area contributed by atoms with Crippen LogP contribution in [-0.4, -0.2) is 11.1 Å². The Morgan fingerprint density at radius 1 is 1.46 bits per heavy atom. The van der Waals surface area contributed by atoms with Crippen molar-refractivity contribution in [2.24, 2.45) is 10.8 Å².